The Balaban J connectivity index is 2.82. The van der Waals surface area contributed by atoms with Gasteiger partial charge in [-0.15, -0.1) is 11.7 Å². The Labute approximate surface area is 55.9 Å². The number of nitrogens with zero attached hydrogens (tertiary/aromatic N) is 1. The molecule has 0 spiro atoms. The third-order valence-electron chi connectivity index (χ3n) is 1.07. The standard InChI is InChI=1S/C7H13NO/c1-2-3-4-5-6-7-8-9/h2,7,9H,1,3-6H2. The predicted octanol–water partition coefficient (Wildman–Crippen LogP) is 2.19. The van der Waals surface area contributed by atoms with Crippen molar-refractivity contribution in [2.75, 3.05) is 0 Å². The second kappa shape index (κ2) is 7.21. The van der Waals surface area contributed by atoms with Crippen LogP contribution in [0, 0.1) is 0 Å². The summed E-state index contributed by atoms with van der Waals surface area (Å²) in [6.45, 7) is 3.60. The predicted molar refractivity (Wildman–Crippen MR) is 38.9 cm³/mol. The van der Waals surface area contributed by atoms with Crippen LogP contribution in [0.1, 0.15) is 25.7 Å². The Kier molecular flexibility index (Phi) is 6.58. The van der Waals surface area contributed by atoms with Gasteiger partial charge in [-0.25, -0.2) is 0 Å². The number of unbranched alkanes of at least 4 members (excludes halogenated alkanes) is 3. The van der Waals surface area contributed by atoms with Gasteiger partial charge in [0.15, 0.2) is 0 Å². The van der Waals surface area contributed by atoms with Gasteiger partial charge in [-0.2, -0.15) is 0 Å². The molecule has 52 valence electrons. The molecule has 0 aromatic carbocycles. The van der Waals surface area contributed by atoms with Gasteiger partial charge in [0.25, 0.3) is 0 Å². The van der Waals surface area contributed by atoms with Crippen LogP contribution in [0.5, 0.6) is 0 Å². The van der Waals surface area contributed by atoms with Crippen molar-refractivity contribution in [2.24, 2.45) is 5.16 Å². The average molecular weight is 127 g/mol. The first-order valence-corrected chi connectivity index (χ1v) is 3.18. The van der Waals surface area contributed by atoms with E-state index < -0.39 is 0 Å². The minimum absolute atomic E-state index is 0.865. The molecule has 0 aromatic heterocycles. The van der Waals surface area contributed by atoms with Crippen molar-refractivity contribution in [3.05, 3.63) is 12.7 Å². The van der Waals surface area contributed by atoms with E-state index in [0.717, 1.165) is 25.7 Å². The second-order valence-electron chi connectivity index (χ2n) is 1.87. The van der Waals surface area contributed by atoms with Crippen LogP contribution >= 0.6 is 0 Å². The summed E-state index contributed by atoms with van der Waals surface area (Å²) in [6.07, 6.45) is 7.55. The molecule has 0 radical (unpaired) electrons. The van der Waals surface area contributed by atoms with E-state index in [-0.39, 0.29) is 0 Å². The highest BCUT2D eigenvalue weighted by Gasteiger charge is 1.81. The summed E-state index contributed by atoms with van der Waals surface area (Å²) in [7, 11) is 0. The van der Waals surface area contributed by atoms with Crippen molar-refractivity contribution in [1.82, 2.24) is 0 Å². The van der Waals surface area contributed by atoms with Crippen LogP contribution in [-0.2, 0) is 0 Å². The van der Waals surface area contributed by atoms with Crippen molar-refractivity contribution in [2.45, 2.75) is 25.7 Å². The molecule has 0 aliphatic rings. The molecule has 0 bridgehead atoms. The van der Waals surface area contributed by atoms with Crippen LogP contribution in [0.15, 0.2) is 17.8 Å². The van der Waals surface area contributed by atoms with Crippen LogP contribution in [0.25, 0.3) is 0 Å². The lowest BCUT2D eigenvalue weighted by Gasteiger charge is -1.89. The van der Waals surface area contributed by atoms with Gasteiger partial charge in [0.1, 0.15) is 0 Å². The third-order valence-corrected chi connectivity index (χ3v) is 1.07. The zero-order valence-electron chi connectivity index (χ0n) is 5.58. The largest absolute Gasteiger partial charge is 0.411 e. The van der Waals surface area contributed by atoms with Gasteiger partial charge in [0.2, 0.25) is 0 Å². The highest BCUT2D eigenvalue weighted by atomic mass is 16.4. The summed E-state index contributed by atoms with van der Waals surface area (Å²) in [4.78, 5) is 0. The minimum Gasteiger partial charge on any atom is -0.411 e. The van der Waals surface area contributed by atoms with Gasteiger partial charge in [-0.1, -0.05) is 6.08 Å². The molecule has 0 saturated heterocycles. The maximum atomic E-state index is 7.97. The molecule has 0 heterocycles. The first kappa shape index (κ1) is 8.21. The Morgan fingerprint density at radius 1 is 1.33 bits per heavy atom. The van der Waals surface area contributed by atoms with Crippen molar-refractivity contribution in [1.29, 1.82) is 0 Å². The van der Waals surface area contributed by atoms with Crippen molar-refractivity contribution in [3.63, 3.8) is 0 Å². The molecule has 2 heteroatoms. The SMILES string of the molecule is C=CCCCCC=NO. The molecular formula is C7H13NO. The first-order valence-electron chi connectivity index (χ1n) is 3.18. The Hall–Kier alpha value is -0.790. The maximum absolute atomic E-state index is 7.97. The second-order valence-corrected chi connectivity index (χ2v) is 1.87. The van der Waals surface area contributed by atoms with Crippen molar-refractivity contribution < 1.29 is 5.21 Å². The molecule has 0 atom stereocenters. The van der Waals surface area contributed by atoms with Gasteiger partial charge in [0, 0.05) is 6.21 Å². The van der Waals surface area contributed by atoms with E-state index in [9.17, 15) is 0 Å². The monoisotopic (exact) mass is 127 g/mol. The average Bonchev–Trinajstić information content (AvgIpc) is 1.89. The normalized spacial score (nSPS) is 10.2. The topological polar surface area (TPSA) is 32.6 Å². The van der Waals surface area contributed by atoms with Gasteiger partial charge in [0.05, 0.1) is 0 Å². The Morgan fingerprint density at radius 3 is 2.56 bits per heavy atom. The summed E-state index contributed by atoms with van der Waals surface area (Å²) in [5.41, 5.74) is 0. The highest BCUT2D eigenvalue weighted by molar-refractivity contribution is 5.55. The van der Waals surface area contributed by atoms with Crippen LogP contribution in [0.3, 0.4) is 0 Å². The van der Waals surface area contributed by atoms with E-state index in [4.69, 9.17) is 5.21 Å². The lowest BCUT2D eigenvalue weighted by atomic mass is 10.2. The van der Waals surface area contributed by atoms with E-state index in [1.807, 2.05) is 6.08 Å². The van der Waals surface area contributed by atoms with E-state index in [2.05, 4.69) is 11.7 Å². The summed E-state index contributed by atoms with van der Waals surface area (Å²) in [6, 6.07) is 0. The van der Waals surface area contributed by atoms with Gasteiger partial charge < -0.3 is 5.21 Å². The Morgan fingerprint density at radius 2 is 2.00 bits per heavy atom. The smallest absolute Gasteiger partial charge is 0.0435 e. The first-order chi connectivity index (χ1) is 4.41. The molecule has 0 fully saturated rings. The summed E-state index contributed by atoms with van der Waals surface area (Å²) >= 11 is 0. The van der Waals surface area contributed by atoms with E-state index in [1.54, 1.807) is 0 Å². The van der Waals surface area contributed by atoms with Gasteiger partial charge in [-0.05, 0) is 25.7 Å². The lowest BCUT2D eigenvalue weighted by molar-refractivity contribution is 0.320. The fourth-order valence-corrected chi connectivity index (χ4v) is 0.582. The Bertz CT molecular complexity index is 88.9. The minimum atomic E-state index is 0.865. The van der Waals surface area contributed by atoms with E-state index >= 15 is 0 Å². The quantitative estimate of drug-likeness (QED) is 0.198. The molecule has 1 N–H and O–H groups in total. The molecule has 0 amide bonds. The molecule has 0 unspecified atom stereocenters. The number of hydrogen-bond acceptors (Lipinski definition) is 2. The number of allylic oxidation sites excluding steroid dienone is 1. The lowest BCUT2D eigenvalue weighted by Crippen LogP contribution is -1.76. The molecule has 0 aliphatic heterocycles. The zero-order valence-corrected chi connectivity index (χ0v) is 5.58. The van der Waals surface area contributed by atoms with E-state index in [0.29, 0.717) is 0 Å². The fourth-order valence-electron chi connectivity index (χ4n) is 0.582. The molecule has 2 nitrogen and oxygen atoms in total. The molecular weight excluding hydrogens is 114 g/mol. The number of hydrogen-bond donors (Lipinski definition) is 1. The van der Waals surface area contributed by atoms with Crippen molar-refractivity contribution >= 4 is 6.21 Å². The zero-order chi connectivity index (χ0) is 6.95. The third kappa shape index (κ3) is 7.21. The molecule has 0 aliphatic carbocycles. The van der Waals surface area contributed by atoms with E-state index in [1.165, 1.54) is 6.21 Å². The summed E-state index contributed by atoms with van der Waals surface area (Å²) < 4.78 is 0. The van der Waals surface area contributed by atoms with Crippen LogP contribution in [-0.4, -0.2) is 11.4 Å². The molecule has 0 aromatic rings. The fraction of sp³-hybridized carbons (Fsp3) is 0.571. The summed E-state index contributed by atoms with van der Waals surface area (Å²) in [5, 5.41) is 10.9. The summed E-state index contributed by atoms with van der Waals surface area (Å²) in [5.74, 6) is 0. The van der Waals surface area contributed by atoms with Crippen LogP contribution < -0.4 is 0 Å². The van der Waals surface area contributed by atoms with Crippen molar-refractivity contribution in [3.8, 4) is 0 Å². The highest BCUT2D eigenvalue weighted by Crippen LogP contribution is 1.97. The molecule has 0 saturated carbocycles. The molecule has 9 heavy (non-hydrogen) atoms. The van der Waals surface area contributed by atoms with Crippen LogP contribution in [0.2, 0.25) is 0 Å². The number of rotatable bonds is 5. The maximum Gasteiger partial charge on any atom is 0.0435 e. The van der Waals surface area contributed by atoms with Gasteiger partial charge in [-0.3, -0.25) is 0 Å². The van der Waals surface area contributed by atoms with Crippen LogP contribution in [0.4, 0.5) is 0 Å². The van der Waals surface area contributed by atoms with Gasteiger partial charge >= 0.3 is 0 Å². The molecule has 0 rings (SSSR count). The number of oxime groups is 1.